The maximum absolute atomic E-state index is 11.9. The molecule has 0 aromatic heterocycles. The van der Waals surface area contributed by atoms with Crippen LogP contribution in [0.3, 0.4) is 0 Å². The van der Waals surface area contributed by atoms with Gasteiger partial charge in [0, 0.05) is 12.2 Å². The standard InChI is InChI=1S/C9H14ClN3O4S2/c1-12-18(14,15)5-4-13-19(16,17)9-3-2-7(11)6-8(9)10/h2-3,6,12-13H,4-5,11H2,1H3. The Morgan fingerprint density at radius 1 is 1.26 bits per heavy atom. The van der Waals surface area contributed by atoms with Crippen molar-refractivity contribution in [3.05, 3.63) is 23.2 Å². The highest BCUT2D eigenvalue weighted by Crippen LogP contribution is 2.23. The summed E-state index contributed by atoms with van der Waals surface area (Å²) in [6.07, 6.45) is 0. The van der Waals surface area contributed by atoms with Gasteiger partial charge in [0.25, 0.3) is 0 Å². The molecular formula is C9H14ClN3O4S2. The smallest absolute Gasteiger partial charge is 0.242 e. The van der Waals surface area contributed by atoms with Gasteiger partial charge in [-0.1, -0.05) is 11.6 Å². The Morgan fingerprint density at radius 3 is 2.42 bits per heavy atom. The third-order valence-electron chi connectivity index (χ3n) is 2.22. The second kappa shape index (κ2) is 6.06. The van der Waals surface area contributed by atoms with Crippen LogP contribution in [0.2, 0.25) is 5.02 Å². The second-order valence-corrected chi connectivity index (χ2v) is 7.80. The van der Waals surface area contributed by atoms with E-state index >= 15 is 0 Å². The van der Waals surface area contributed by atoms with Crippen LogP contribution in [0, 0.1) is 0 Å². The summed E-state index contributed by atoms with van der Waals surface area (Å²) in [4.78, 5) is -0.148. The monoisotopic (exact) mass is 327 g/mol. The molecule has 0 amide bonds. The van der Waals surface area contributed by atoms with Crippen LogP contribution in [0.15, 0.2) is 23.1 Å². The molecule has 7 nitrogen and oxygen atoms in total. The summed E-state index contributed by atoms with van der Waals surface area (Å²) in [5, 5.41) is -0.0241. The predicted octanol–water partition coefficient (Wildman–Crippen LogP) is -0.250. The Morgan fingerprint density at radius 2 is 1.89 bits per heavy atom. The fraction of sp³-hybridized carbons (Fsp3) is 0.333. The van der Waals surface area contributed by atoms with Crippen LogP contribution >= 0.6 is 11.6 Å². The van der Waals surface area contributed by atoms with Gasteiger partial charge in [-0.3, -0.25) is 0 Å². The van der Waals surface area contributed by atoms with Gasteiger partial charge in [-0.2, -0.15) is 0 Å². The molecule has 10 heteroatoms. The molecule has 0 fully saturated rings. The molecule has 0 saturated carbocycles. The van der Waals surface area contributed by atoms with Crippen LogP contribution in [0.4, 0.5) is 5.69 Å². The van der Waals surface area contributed by atoms with Crippen LogP contribution in [0.25, 0.3) is 0 Å². The SMILES string of the molecule is CNS(=O)(=O)CCNS(=O)(=O)c1ccc(N)cc1Cl. The van der Waals surface area contributed by atoms with Gasteiger partial charge in [-0.05, 0) is 25.2 Å². The van der Waals surface area contributed by atoms with Gasteiger partial charge in [0.1, 0.15) is 4.90 Å². The molecule has 108 valence electrons. The van der Waals surface area contributed by atoms with E-state index in [4.69, 9.17) is 17.3 Å². The van der Waals surface area contributed by atoms with Gasteiger partial charge in [0.15, 0.2) is 0 Å². The summed E-state index contributed by atoms with van der Waals surface area (Å²) >= 11 is 5.78. The zero-order chi connectivity index (χ0) is 14.7. The summed E-state index contributed by atoms with van der Waals surface area (Å²) in [6, 6.07) is 3.96. The lowest BCUT2D eigenvalue weighted by Gasteiger charge is -2.08. The molecule has 0 heterocycles. The van der Waals surface area contributed by atoms with Gasteiger partial charge in [0.2, 0.25) is 20.0 Å². The Balaban J connectivity index is 2.82. The van der Waals surface area contributed by atoms with Crippen LogP contribution in [0.1, 0.15) is 0 Å². The zero-order valence-electron chi connectivity index (χ0n) is 10.1. The lowest BCUT2D eigenvalue weighted by molar-refractivity contribution is 0.578. The van der Waals surface area contributed by atoms with Crippen molar-refractivity contribution in [1.82, 2.24) is 9.44 Å². The van der Waals surface area contributed by atoms with Crippen LogP contribution in [0.5, 0.6) is 0 Å². The summed E-state index contributed by atoms with van der Waals surface area (Å²) in [5.74, 6) is -0.366. The highest BCUT2D eigenvalue weighted by atomic mass is 35.5. The molecule has 4 N–H and O–H groups in total. The van der Waals surface area contributed by atoms with Crippen molar-refractivity contribution in [3.8, 4) is 0 Å². The van der Waals surface area contributed by atoms with Crippen molar-refractivity contribution in [2.24, 2.45) is 0 Å². The summed E-state index contributed by atoms with van der Waals surface area (Å²) < 4.78 is 50.3. The molecule has 1 aromatic carbocycles. The summed E-state index contributed by atoms with van der Waals surface area (Å²) in [6.45, 7) is -0.258. The van der Waals surface area contributed by atoms with Crippen molar-refractivity contribution in [2.45, 2.75) is 4.90 Å². The number of nitrogen functional groups attached to an aromatic ring is 1. The van der Waals surface area contributed by atoms with Crippen molar-refractivity contribution >= 4 is 37.3 Å². The number of benzene rings is 1. The van der Waals surface area contributed by atoms with E-state index < -0.39 is 20.0 Å². The van der Waals surface area contributed by atoms with E-state index in [2.05, 4.69) is 9.44 Å². The van der Waals surface area contributed by atoms with E-state index in [-0.39, 0.29) is 22.2 Å². The molecular weight excluding hydrogens is 314 g/mol. The Kier molecular flexibility index (Phi) is 5.16. The number of nitrogens with two attached hydrogens (primary N) is 1. The molecule has 1 aromatic rings. The first-order chi connectivity index (χ1) is 8.68. The summed E-state index contributed by atoms with van der Waals surface area (Å²) in [5.41, 5.74) is 5.79. The molecule has 0 aliphatic heterocycles. The topological polar surface area (TPSA) is 118 Å². The van der Waals surface area contributed by atoms with Crippen LogP contribution in [-0.2, 0) is 20.0 Å². The molecule has 0 radical (unpaired) electrons. The van der Waals surface area contributed by atoms with E-state index in [9.17, 15) is 16.8 Å². The molecule has 0 unspecified atom stereocenters. The fourth-order valence-electron chi connectivity index (χ4n) is 1.23. The van der Waals surface area contributed by atoms with Crippen LogP contribution < -0.4 is 15.2 Å². The first kappa shape index (κ1) is 16.2. The number of hydrogen-bond donors (Lipinski definition) is 3. The number of rotatable bonds is 6. The van der Waals surface area contributed by atoms with Crippen LogP contribution in [-0.4, -0.2) is 36.2 Å². The summed E-state index contributed by atoms with van der Waals surface area (Å²) in [7, 11) is -6.09. The number of halogens is 1. The van der Waals surface area contributed by atoms with Gasteiger partial charge in [0.05, 0.1) is 10.8 Å². The lowest BCUT2D eigenvalue weighted by Crippen LogP contribution is -2.33. The minimum Gasteiger partial charge on any atom is -0.399 e. The maximum atomic E-state index is 11.9. The van der Waals surface area contributed by atoms with E-state index in [0.717, 1.165) is 0 Å². The number of anilines is 1. The normalized spacial score (nSPS) is 12.5. The average molecular weight is 328 g/mol. The highest BCUT2D eigenvalue weighted by Gasteiger charge is 2.18. The number of sulfonamides is 2. The molecule has 0 saturated heterocycles. The van der Waals surface area contributed by atoms with Gasteiger partial charge < -0.3 is 5.73 Å². The molecule has 0 aliphatic carbocycles. The first-order valence-electron chi connectivity index (χ1n) is 5.14. The average Bonchev–Trinajstić information content (AvgIpc) is 2.27. The number of nitrogens with one attached hydrogen (secondary N) is 2. The Hall–Kier alpha value is -0.870. The van der Waals surface area contributed by atoms with Crippen molar-refractivity contribution < 1.29 is 16.8 Å². The molecule has 0 aliphatic rings. The van der Waals surface area contributed by atoms with Crippen molar-refractivity contribution in [3.63, 3.8) is 0 Å². The van der Waals surface area contributed by atoms with E-state index in [0.29, 0.717) is 5.69 Å². The van der Waals surface area contributed by atoms with Gasteiger partial charge >= 0.3 is 0 Å². The third kappa shape index (κ3) is 4.62. The minimum absolute atomic E-state index is 0.0241. The zero-order valence-corrected chi connectivity index (χ0v) is 12.4. The lowest BCUT2D eigenvalue weighted by atomic mass is 10.3. The molecule has 0 atom stereocenters. The van der Waals surface area contributed by atoms with E-state index in [1.165, 1.54) is 25.2 Å². The van der Waals surface area contributed by atoms with E-state index in [1.807, 2.05) is 0 Å². The predicted molar refractivity (Wildman–Crippen MR) is 73.9 cm³/mol. The van der Waals surface area contributed by atoms with Gasteiger partial charge in [-0.25, -0.2) is 26.3 Å². The minimum atomic E-state index is -3.87. The second-order valence-electron chi connectivity index (χ2n) is 3.61. The Labute approximate surface area is 117 Å². The molecule has 1 rings (SSSR count). The quantitative estimate of drug-likeness (QED) is 0.623. The third-order valence-corrected chi connectivity index (χ3v) is 5.53. The molecule has 0 bridgehead atoms. The van der Waals surface area contributed by atoms with Crippen molar-refractivity contribution in [2.75, 3.05) is 25.1 Å². The number of hydrogen-bond acceptors (Lipinski definition) is 5. The van der Waals surface area contributed by atoms with Gasteiger partial charge in [-0.15, -0.1) is 0 Å². The fourth-order valence-corrected chi connectivity index (χ4v) is 3.51. The Bertz CT molecular complexity index is 658. The van der Waals surface area contributed by atoms with Crippen molar-refractivity contribution in [1.29, 1.82) is 0 Å². The molecule has 19 heavy (non-hydrogen) atoms. The molecule has 0 spiro atoms. The maximum Gasteiger partial charge on any atom is 0.242 e. The first-order valence-corrected chi connectivity index (χ1v) is 8.65. The van der Waals surface area contributed by atoms with E-state index in [1.54, 1.807) is 0 Å². The highest BCUT2D eigenvalue weighted by molar-refractivity contribution is 7.90. The largest absolute Gasteiger partial charge is 0.399 e.